The third-order valence-corrected chi connectivity index (χ3v) is 4.04. The van der Waals surface area contributed by atoms with Crippen molar-refractivity contribution in [3.8, 4) is 5.75 Å². The molecule has 1 aromatic carbocycles. The lowest BCUT2D eigenvalue weighted by molar-refractivity contribution is -0.912. The Balaban J connectivity index is 1.81. The zero-order chi connectivity index (χ0) is 14.5. The fourth-order valence-corrected chi connectivity index (χ4v) is 3.24. The highest BCUT2D eigenvalue weighted by molar-refractivity contribution is 5.94. The van der Waals surface area contributed by atoms with Gasteiger partial charge in [0.1, 0.15) is 18.9 Å². The number of ketones is 1. The summed E-state index contributed by atoms with van der Waals surface area (Å²) in [5.74, 6) is 2.51. The van der Waals surface area contributed by atoms with E-state index in [1.165, 1.54) is 19.5 Å². The van der Waals surface area contributed by atoms with Crippen LogP contribution in [0.1, 0.15) is 37.6 Å². The highest BCUT2D eigenvalue weighted by Gasteiger charge is 2.24. The van der Waals surface area contributed by atoms with Crippen molar-refractivity contribution >= 4 is 5.78 Å². The summed E-state index contributed by atoms with van der Waals surface area (Å²) in [7, 11) is 0. The minimum absolute atomic E-state index is 0.0831. The molecule has 1 heterocycles. The molecule has 0 amide bonds. The zero-order valence-electron chi connectivity index (χ0n) is 12.8. The zero-order valence-corrected chi connectivity index (χ0v) is 12.8. The maximum Gasteiger partial charge on any atom is 0.159 e. The first-order valence-electron chi connectivity index (χ1n) is 7.62. The lowest BCUT2D eigenvalue weighted by Gasteiger charge is -2.31. The number of benzene rings is 1. The average molecular weight is 276 g/mol. The Kier molecular flexibility index (Phi) is 5.18. The Morgan fingerprint density at radius 2 is 2.00 bits per heavy atom. The van der Waals surface area contributed by atoms with Crippen molar-refractivity contribution in [2.75, 3.05) is 26.2 Å². The molecule has 2 atom stereocenters. The number of Topliss-reactive ketones (excluding diaryl/α,β-unsaturated/α-hetero) is 1. The first-order valence-corrected chi connectivity index (χ1v) is 7.62. The second-order valence-electron chi connectivity index (χ2n) is 6.29. The van der Waals surface area contributed by atoms with Crippen LogP contribution in [0.15, 0.2) is 24.3 Å². The summed E-state index contributed by atoms with van der Waals surface area (Å²) in [6.07, 6.45) is 1.35. The maximum atomic E-state index is 11.3. The predicted molar refractivity (Wildman–Crippen MR) is 80.5 cm³/mol. The smallest absolute Gasteiger partial charge is 0.159 e. The summed E-state index contributed by atoms with van der Waals surface area (Å²) >= 11 is 0. The third kappa shape index (κ3) is 4.34. The van der Waals surface area contributed by atoms with Gasteiger partial charge in [-0.25, -0.2) is 0 Å². The van der Waals surface area contributed by atoms with Gasteiger partial charge in [0.2, 0.25) is 0 Å². The molecule has 110 valence electrons. The molecule has 0 bridgehead atoms. The second kappa shape index (κ2) is 6.89. The van der Waals surface area contributed by atoms with Crippen LogP contribution < -0.4 is 9.64 Å². The van der Waals surface area contributed by atoms with E-state index in [4.69, 9.17) is 4.74 Å². The van der Waals surface area contributed by atoms with Gasteiger partial charge < -0.3 is 9.64 Å². The van der Waals surface area contributed by atoms with Crippen molar-refractivity contribution in [3.63, 3.8) is 0 Å². The van der Waals surface area contributed by atoms with Crippen LogP contribution in [-0.4, -0.2) is 32.0 Å². The molecule has 0 aliphatic carbocycles. The van der Waals surface area contributed by atoms with Crippen LogP contribution in [0, 0.1) is 11.8 Å². The van der Waals surface area contributed by atoms with E-state index in [1.54, 1.807) is 11.8 Å². The topological polar surface area (TPSA) is 30.7 Å². The van der Waals surface area contributed by atoms with Gasteiger partial charge in [-0.05, 0) is 25.5 Å². The van der Waals surface area contributed by atoms with E-state index in [1.807, 2.05) is 24.3 Å². The molecule has 3 nitrogen and oxygen atoms in total. The van der Waals surface area contributed by atoms with Gasteiger partial charge in [0.15, 0.2) is 5.78 Å². The summed E-state index contributed by atoms with van der Waals surface area (Å²) in [6.45, 7) is 10.5. The molecule has 3 heteroatoms. The Morgan fingerprint density at radius 3 is 2.65 bits per heavy atom. The monoisotopic (exact) mass is 276 g/mol. The molecule has 1 aliphatic heterocycles. The maximum absolute atomic E-state index is 11.3. The van der Waals surface area contributed by atoms with Gasteiger partial charge in [-0.2, -0.15) is 0 Å². The van der Waals surface area contributed by atoms with Crippen molar-refractivity contribution in [3.05, 3.63) is 29.8 Å². The summed E-state index contributed by atoms with van der Waals surface area (Å²) in [5, 5.41) is 0. The van der Waals surface area contributed by atoms with E-state index in [-0.39, 0.29) is 5.78 Å². The number of carbonyl (C=O) groups excluding carboxylic acids is 1. The quantitative estimate of drug-likeness (QED) is 0.832. The van der Waals surface area contributed by atoms with E-state index >= 15 is 0 Å². The second-order valence-corrected chi connectivity index (χ2v) is 6.29. The molecule has 1 fully saturated rings. The minimum Gasteiger partial charge on any atom is -0.488 e. The molecular formula is C17H26NO2+. The largest absolute Gasteiger partial charge is 0.488 e. The first kappa shape index (κ1) is 15.0. The Morgan fingerprint density at radius 1 is 1.30 bits per heavy atom. The number of carbonyl (C=O) groups is 1. The fourth-order valence-electron chi connectivity index (χ4n) is 3.24. The lowest BCUT2D eigenvalue weighted by Crippen LogP contribution is -3.14. The molecule has 1 aliphatic rings. The third-order valence-electron chi connectivity index (χ3n) is 4.04. The Hall–Kier alpha value is -1.35. The summed E-state index contributed by atoms with van der Waals surface area (Å²) in [5.41, 5.74) is 0.718. The van der Waals surface area contributed by atoms with Crippen LogP contribution in [0.3, 0.4) is 0 Å². The van der Waals surface area contributed by atoms with Crippen LogP contribution in [-0.2, 0) is 0 Å². The number of ether oxygens (including phenoxy) is 1. The number of rotatable bonds is 5. The molecule has 0 unspecified atom stereocenters. The number of quaternary nitrogens is 1. The normalized spacial score (nSPS) is 26.2. The number of hydrogen-bond donors (Lipinski definition) is 1. The Labute approximate surface area is 121 Å². The molecule has 20 heavy (non-hydrogen) atoms. The van der Waals surface area contributed by atoms with Gasteiger partial charge in [0.05, 0.1) is 13.1 Å². The summed E-state index contributed by atoms with van der Waals surface area (Å²) < 4.78 is 5.80. The van der Waals surface area contributed by atoms with Gasteiger partial charge in [0, 0.05) is 17.4 Å². The van der Waals surface area contributed by atoms with Crippen LogP contribution in [0.4, 0.5) is 0 Å². The number of likely N-dealkylation sites (tertiary alicyclic amines) is 1. The number of hydrogen-bond acceptors (Lipinski definition) is 2. The van der Waals surface area contributed by atoms with E-state index in [2.05, 4.69) is 13.8 Å². The van der Waals surface area contributed by atoms with Crippen LogP contribution in [0.2, 0.25) is 0 Å². The van der Waals surface area contributed by atoms with Crippen LogP contribution >= 0.6 is 0 Å². The average Bonchev–Trinajstić information content (AvgIpc) is 2.38. The number of nitrogens with one attached hydrogen (secondary N) is 1. The molecule has 0 saturated carbocycles. The number of piperidine rings is 1. The van der Waals surface area contributed by atoms with E-state index in [0.29, 0.717) is 0 Å². The SMILES string of the molecule is CC(=O)c1cccc(OCC[NH+]2C[C@@H](C)C[C@H](C)C2)c1. The van der Waals surface area contributed by atoms with E-state index in [0.717, 1.165) is 36.3 Å². The van der Waals surface area contributed by atoms with Gasteiger partial charge in [-0.1, -0.05) is 26.0 Å². The van der Waals surface area contributed by atoms with Gasteiger partial charge in [0.25, 0.3) is 0 Å². The van der Waals surface area contributed by atoms with Gasteiger partial charge in [-0.15, -0.1) is 0 Å². The molecule has 2 rings (SSSR count). The molecule has 1 saturated heterocycles. The summed E-state index contributed by atoms with van der Waals surface area (Å²) in [6, 6.07) is 7.46. The van der Waals surface area contributed by atoms with Gasteiger partial charge in [-0.3, -0.25) is 4.79 Å². The van der Waals surface area contributed by atoms with E-state index < -0.39 is 0 Å². The highest BCUT2D eigenvalue weighted by atomic mass is 16.5. The lowest BCUT2D eigenvalue weighted by atomic mass is 9.92. The standard InChI is InChI=1S/C17H25NO2/c1-13-9-14(2)12-18(11-13)7-8-20-17-6-4-5-16(10-17)15(3)19/h4-6,10,13-14H,7-9,11-12H2,1-3H3/p+1/t13-,14-/m0/s1. The molecule has 1 aromatic rings. The predicted octanol–water partition coefficient (Wildman–Crippen LogP) is 1.83. The van der Waals surface area contributed by atoms with Gasteiger partial charge >= 0.3 is 0 Å². The Bertz CT molecular complexity index is 448. The highest BCUT2D eigenvalue weighted by Crippen LogP contribution is 2.14. The summed E-state index contributed by atoms with van der Waals surface area (Å²) in [4.78, 5) is 13.0. The van der Waals surface area contributed by atoms with E-state index in [9.17, 15) is 4.79 Å². The minimum atomic E-state index is 0.0831. The molecular weight excluding hydrogens is 250 g/mol. The fraction of sp³-hybridized carbons (Fsp3) is 0.588. The van der Waals surface area contributed by atoms with Crippen molar-refractivity contribution in [1.29, 1.82) is 0 Å². The molecule has 0 spiro atoms. The van der Waals surface area contributed by atoms with Crippen molar-refractivity contribution < 1.29 is 14.4 Å². The van der Waals surface area contributed by atoms with Crippen molar-refractivity contribution in [2.24, 2.45) is 11.8 Å². The van der Waals surface area contributed by atoms with Crippen molar-refractivity contribution in [1.82, 2.24) is 0 Å². The molecule has 1 N–H and O–H groups in total. The molecule has 0 aromatic heterocycles. The molecule has 0 radical (unpaired) electrons. The van der Waals surface area contributed by atoms with Crippen molar-refractivity contribution in [2.45, 2.75) is 27.2 Å². The van der Waals surface area contributed by atoms with Crippen LogP contribution in [0.25, 0.3) is 0 Å². The van der Waals surface area contributed by atoms with Crippen LogP contribution in [0.5, 0.6) is 5.75 Å². The first-order chi connectivity index (χ1) is 9.54.